The van der Waals surface area contributed by atoms with Gasteiger partial charge in [0.05, 0.1) is 5.69 Å². The van der Waals surface area contributed by atoms with Gasteiger partial charge in [0.15, 0.2) is 0 Å². The van der Waals surface area contributed by atoms with Crippen molar-refractivity contribution in [3.05, 3.63) is 23.9 Å². The summed E-state index contributed by atoms with van der Waals surface area (Å²) in [4.78, 5) is 6.95. The van der Waals surface area contributed by atoms with Gasteiger partial charge < -0.3 is 10.2 Å². The minimum absolute atomic E-state index is 0.132. The lowest BCUT2D eigenvalue weighted by Gasteiger charge is -2.22. The summed E-state index contributed by atoms with van der Waals surface area (Å²) in [5.41, 5.74) is 1.23. The Morgan fingerprint density at radius 2 is 1.82 bits per heavy atom. The molecule has 0 unspecified atom stereocenters. The fourth-order valence-electron chi connectivity index (χ4n) is 1.64. The molecule has 0 bridgehead atoms. The zero-order valence-electron chi connectivity index (χ0n) is 11.7. The first-order valence-electron chi connectivity index (χ1n) is 6.42. The second-order valence-corrected chi connectivity index (χ2v) is 5.26. The molecule has 3 nitrogen and oxygen atoms in total. The summed E-state index contributed by atoms with van der Waals surface area (Å²) in [6, 6.07) is 6.24. The second-order valence-electron chi connectivity index (χ2n) is 5.26. The van der Waals surface area contributed by atoms with E-state index in [4.69, 9.17) is 0 Å². The lowest BCUT2D eigenvalue weighted by atomic mass is 10.1. The van der Waals surface area contributed by atoms with Gasteiger partial charge in [0.2, 0.25) is 0 Å². The molecule has 0 aliphatic rings. The van der Waals surface area contributed by atoms with Crippen LogP contribution in [0, 0.1) is 0 Å². The molecule has 17 heavy (non-hydrogen) atoms. The topological polar surface area (TPSA) is 28.2 Å². The number of rotatable bonds is 5. The van der Waals surface area contributed by atoms with Crippen molar-refractivity contribution in [3.8, 4) is 0 Å². The summed E-state index contributed by atoms with van der Waals surface area (Å²) < 4.78 is 0. The van der Waals surface area contributed by atoms with Crippen LogP contribution in [0.5, 0.6) is 0 Å². The van der Waals surface area contributed by atoms with Gasteiger partial charge in [0.25, 0.3) is 0 Å². The standard InChI is InChI=1S/C14H25N3/c1-6-17(7-2)13-10-8-9-12(16-13)11-15-14(3,4)5/h8-10,15H,6-7,11H2,1-5H3. The Bertz CT molecular complexity index is 338. The fraction of sp³-hybridized carbons (Fsp3) is 0.643. The van der Waals surface area contributed by atoms with Gasteiger partial charge in [0, 0.05) is 25.2 Å². The van der Waals surface area contributed by atoms with Crippen molar-refractivity contribution in [2.24, 2.45) is 0 Å². The lowest BCUT2D eigenvalue weighted by molar-refractivity contribution is 0.421. The minimum atomic E-state index is 0.132. The first-order chi connectivity index (χ1) is 7.96. The van der Waals surface area contributed by atoms with Crippen LogP contribution in [0.25, 0.3) is 0 Å². The van der Waals surface area contributed by atoms with E-state index in [2.05, 4.69) is 68.0 Å². The summed E-state index contributed by atoms with van der Waals surface area (Å²) in [5.74, 6) is 1.07. The SMILES string of the molecule is CCN(CC)c1cccc(CNC(C)(C)C)n1. The van der Waals surface area contributed by atoms with E-state index in [0.717, 1.165) is 31.1 Å². The average molecular weight is 235 g/mol. The van der Waals surface area contributed by atoms with Crippen molar-refractivity contribution in [2.45, 2.75) is 46.7 Å². The molecular weight excluding hydrogens is 210 g/mol. The summed E-state index contributed by atoms with van der Waals surface area (Å²) in [5, 5.41) is 3.46. The summed E-state index contributed by atoms with van der Waals surface area (Å²) in [6.45, 7) is 13.6. The van der Waals surface area contributed by atoms with Gasteiger partial charge in [0.1, 0.15) is 5.82 Å². The first kappa shape index (κ1) is 14.0. The predicted octanol–water partition coefficient (Wildman–Crippen LogP) is 2.82. The van der Waals surface area contributed by atoms with Gasteiger partial charge in [-0.2, -0.15) is 0 Å². The number of anilines is 1. The molecule has 0 fully saturated rings. The Balaban J connectivity index is 2.72. The highest BCUT2D eigenvalue weighted by Gasteiger charge is 2.09. The largest absolute Gasteiger partial charge is 0.357 e. The average Bonchev–Trinajstić information content (AvgIpc) is 2.28. The zero-order chi connectivity index (χ0) is 12.9. The summed E-state index contributed by atoms with van der Waals surface area (Å²) in [7, 11) is 0. The Hall–Kier alpha value is -1.09. The molecule has 0 aliphatic heterocycles. The zero-order valence-corrected chi connectivity index (χ0v) is 11.7. The van der Waals surface area contributed by atoms with Crippen molar-refractivity contribution in [1.29, 1.82) is 0 Å². The van der Waals surface area contributed by atoms with Crippen LogP contribution < -0.4 is 10.2 Å². The molecule has 1 heterocycles. The molecule has 0 spiro atoms. The smallest absolute Gasteiger partial charge is 0.128 e. The highest BCUT2D eigenvalue weighted by molar-refractivity contribution is 5.38. The minimum Gasteiger partial charge on any atom is -0.357 e. The number of aromatic nitrogens is 1. The molecule has 0 saturated heterocycles. The molecule has 0 saturated carbocycles. The maximum Gasteiger partial charge on any atom is 0.128 e. The molecule has 1 rings (SSSR count). The molecule has 0 amide bonds. The van der Waals surface area contributed by atoms with E-state index in [1.807, 2.05) is 0 Å². The van der Waals surface area contributed by atoms with Gasteiger partial charge >= 0.3 is 0 Å². The van der Waals surface area contributed by atoms with E-state index in [9.17, 15) is 0 Å². The van der Waals surface area contributed by atoms with Crippen molar-refractivity contribution in [2.75, 3.05) is 18.0 Å². The van der Waals surface area contributed by atoms with Crippen molar-refractivity contribution in [1.82, 2.24) is 10.3 Å². The number of hydrogen-bond acceptors (Lipinski definition) is 3. The molecule has 1 aromatic rings. The molecule has 0 aliphatic carbocycles. The monoisotopic (exact) mass is 235 g/mol. The van der Waals surface area contributed by atoms with E-state index in [1.165, 1.54) is 0 Å². The predicted molar refractivity (Wildman–Crippen MR) is 74.4 cm³/mol. The molecule has 96 valence electrons. The fourth-order valence-corrected chi connectivity index (χ4v) is 1.64. The van der Waals surface area contributed by atoms with Crippen LogP contribution in [0.4, 0.5) is 5.82 Å². The van der Waals surface area contributed by atoms with Crippen LogP contribution in [0.3, 0.4) is 0 Å². The Labute approximate surface area is 105 Å². The lowest BCUT2D eigenvalue weighted by Crippen LogP contribution is -2.35. The van der Waals surface area contributed by atoms with Crippen molar-refractivity contribution in [3.63, 3.8) is 0 Å². The molecular formula is C14H25N3. The van der Waals surface area contributed by atoms with Crippen LogP contribution in [0.2, 0.25) is 0 Å². The van der Waals surface area contributed by atoms with Gasteiger partial charge in [-0.05, 0) is 46.8 Å². The van der Waals surface area contributed by atoms with E-state index in [1.54, 1.807) is 0 Å². The third-order valence-corrected chi connectivity index (χ3v) is 2.68. The van der Waals surface area contributed by atoms with Crippen LogP contribution in [0.1, 0.15) is 40.3 Å². The highest BCUT2D eigenvalue weighted by Crippen LogP contribution is 2.11. The normalized spacial score (nSPS) is 11.6. The molecule has 1 N–H and O–H groups in total. The van der Waals surface area contributed by atoms with Crippen LogP contribution in [-0.4, -0.2) is 23.6 Å². The van der Waals surface area contributed by atoms with Gasteiger partial charge in [-0.15, -0.1) is 0 Å². The van der Waals surface area contributed by atoms with E-state index < -0.39 is 0 Å². The maximum atomic E-state index is 4.68. The number of nitrogens with zero attached hydrogens (tertiary/aromatic N) is 2. The maximum absolute atomic E-state index is 4.68. The third kappa shape index (κ3) is 4.73. The molecule has 0 atom stereocenters. The summed E-state index contributed by atoms with van der Waals surface area (Å²) in [6.07, 6.45) is 0. The van der Waals surface area contributed by atoms with E-state index >= 15 is 0 Å². The van der Waals surface area contributed by atoms with Gasteiger partial charge in [-0.3, -0.25) is 0 Å². The van der Waals surface area contributed by atoms with Crippen molar-refractivity contribution < 1.29 is 0 Å². The first-order valence-corrected chi connectivity index (χ1v) is 6.42. The van der Waals surface area contributed by atoms with Crippen LogP contribution in [-0.2, 0) is 6.54 Å². The Kier molecular flexibility index (Phi) is 4.94. The number of pyridine rings is 1. The molecule has 3 heteroatoms. The van der Waals surface area contributed by atoms with Crippen LogP contribution >= 0.6 is 0 Å². The van der Waals surface area contributed by atoms with Gasteiger partial charge in [-0.1, -0.05) is 6.07 Å². The quantitative estimate of drug-likeness (QED) is 0.850. The highest BCUT2D eigenvalue weighted by atomic mass is 15.2. The van der Waals surface area contributed by atoms with Crippen molar-refractivity contribution >= 4 is 5.82 Å². The van der Waals surface area contributed by atoms with Crippen LogP contribution in [0.15, 0.2) is 18.2 Å². The Morgan fingerprint density at radius 3 is 2.35 bits per heavy atom. The molecule has 0 radical (unpaired) electrons. The van der Waals surface area contributed by atoms with E-state index in [-0.39, 0.29) is 5.54 Å². The molecule has 0 aromatic carbocycles. The molecule has 1 aromatic heterocycles. The Morgan fingerprint density at radius 1 is 1.18 bits per heavy atom. The van der Waals surface area contributed by atoms with Gasteiger partial charge in [-0.25, -0.2) is 4.98 Å². The third-order valence-electron chi connectivity index (χ3n) is 2.68. The summed E-state index contributed by atoms with van der Waals surface area (Å²) >= 11 is 0. The number of hydrogen-bond donors (Lipinski definition) is 1. The van der Waals surface area contributed by atoms with E-state index in [0.29, 0.717) is 0 Å². The second kappa shape index (κ2) is 6.01. The number of nitrogens with one attached hydrogen (secondary N) is 1.